The average Bonchev–Trinajstić information content (AvgIpc) is 3.15. The van der Waals surface area contributed by atoms with Crippen LogP contribution in [0, 0.1) is 24.2 Å². The fourth-order valence-electron chi connectivity index (χ4n) is 4.32. The van der Waals surface area contributed by atoms with Gasteiger partial charge in [-0.2, -0.15) is 5.26 Å². The average molecular weight is 433 g/mol. The molecule has 1 saturated heterocycles. The maximum absolute atomic E-state index is 11.3. The number of carbonyl (C=O) groups excluding carboxylic acids is 1. The van der Waals surface area contributed by atoms with Gasteiger partial charge in [0.05, 0.1) is 18.8 Å². The highest BCUT2D eigenvalue weighted by atomic mass is 16.5. The third-order valence-corrected chi connectivity index (χ3v) is 6.05. The van der Waals surface area contributed by atoms with Crippen LogP contribution in [0.2, 0.25) is 0 Å². The fraction of sp³-hybridized carbons (Fsp3) is 0.458. The Morgan fingerprint density at radius 3 is 2.78 bits per heavy atom. The van der Waals surface area contributed by atoms with Crippen LogP contribution in [0.1, 0.15) is 37.6 Å². The number of ether oxygens (including phenoxy) is 1. The fourth-order valence-corrected chi connectivity index (χ4v) is 4.32. The van der Waals surface area contributed by atoms with Crippen LogP contribution < -0.4 is 4.74 Å². The van der Waals surface area contributed by atoms with E-state index in [0.29, 0.717) is 30.6 Å². The minimum absolute atomic E-state index is 0.140. The number of hydrogen-bond acceptors (Lipinski definition) is 7. The molecule has 0 aromatic carbocycles. The number of likely N-dealkylation sites (tertiary alicyclic amines) is 1. The summed E-state index contributed by atoms with van der Waals surface area (Å²) in [7, 11) is 1.90. The molecule has 166 valence electrons. The van der Waals surface area contributed by atoms with Crippen LogP contribution in [0.3, 0.4) is 0 Å². The van der Waals surface area contributed by atoms with Crippen LogP contribution in [-0.2, 0) is 11.8 Å². The van der Waals surface area contributed by atoms with Gasteiger partial charge in [0.1, 0.15) is 17.5 Å². The molecule has 1 aliphatic heterocycles. The van der Waals surface area contributed by atoms with E-state index in [4.69, 9.17) is 4.74 Å². The van der Waals surface area contributed by atoms with E-state index < -0.39 is 0 Å². The second-order valence-corrected chi connectivity index (χ2v) is 8.58. The largest absolute Gasteiger partial charge is 0.477 e. The van der Waals surface area contributed by atoms with Crippen LogP contribution in [-0.4, -0.2) is 56.4 Å². The van der Waals surface area contributed by atoms with Crippen molar-refractivity contribution in [2.75, 3.05) is 26.2 Å². The van der Waals surface area contributed by atoms with E-state index in [-0.39, 0.29) is 11.6 Å². The number of hydrogen-bond donors (Lipinski definition) is 0. The molecule has 0 spiro atoms. The van der Waals surface area contributed by atoms with E-state index in [0.717, 1.165) is 54.5 Å². The predicted octanol–water partition coefficient (Wildman–Crippen LogP) is 3.28. The van der Waals surface area contributed by atoms with Gasteiger partial charge >= 0.3 is 0 Å². The van der Waals surface area contributed by atoms with Gasteiger partial charge in [-0.3, -0.25) is 9.69 Å². The Bertz CT molecular complexity index is 1170. The smallest absolute Gasteiger partial charge is 0.234 e. The summed E-state index contributed by atoms with van der Waals surface area (Å²) >= 11 is 0. The lowest BCUT2D eigenvalue weighted by molar-refractivity contribution is -0.118. The lowest BCUT2D eigenvalue weighted by atomic mass is 9.94. The van der Waals surface area contributed by atoms with Gasteiger partial charge in [0.15, 0.2) is 0 Å². The Morgan fingerprint density at radius 1 is 1.31 bits per heavy atom. The molecule has 32 heavy (non-hydrogen) atoms. The molecule has 0 aliphatic carbocycles. The van der Waals surface area contributed by atoms with Gasteiger partial charge in [-0.25, -0.2) is 15.0 Å². The number of aryl methyl sites for hydroxylation is 2. The van der Waals surface area contributed by atoms with E-state index in [9.17, 15) is 10.1 Å². The van der Waals surface area contributed by atoms with Gasteiger partial charge in [0, 0.05) is 36.0 Å². The molecule has 0 N–H and O–H groups in total. The highest BCUT2D eigenvalue weighted by Crippen LogP contribution is 2.29. The molecule has 0 unspecified atom stereocenters. The second-order valence-electron chi connectivity index (χ2n) is 8.58. The summed E-state index contributed by atoms with van der Waals surface area (Å²) in [5.74, 6) is 1.62. The van der Waals surface area contributed by atoms with Crippen molar-refractivity contribution in [1.82, 2.24) is 24.4 Å². The summed E-state index contributed by atoms with van der Waals surface area (Å²) in [5, 5.41) is 10.2. The number of ketones is 1. The monoisotopic (exact) mass is 432 g/mol. The number of nitriles is 1. The zero-order chi connectivity index (χ0) is 22.7. The van der Waals surface area contributed by atoms with Crippen molar-refractivity contribution in [3.05, 3.63) is 35.9 Å². The first-order valence-electron chi connectivity index (χ1n) is 11.0. The Labute approximate surface area is 187 Å². The van der Waals surface area contributed by atoms with Crippen molar-refractivity contribution in [2.24, 2.45) is 13.0 Å². The quantitative estimate of drug-likeness (QED) is 0.565. The van der Waals surface area contributed by atoms with Crippen LogP contribution in [0.5, 0.6) is 5.88 Å². The molecule has 8 nitrogen and oxygen atoms in total. The molecular weight excluding hydrogens is 404 g/mol. The molecule has 4 rings (SSSR count). The van der Waals surface area contributed by atoms with Crippen LogP contribution in [0.15, 0.2) is 24.5 Å². The van der Waals surface area contributed by atoms with Crippen molar-refractivity contribution in [3.8, 4) is 23.2 Å². The molecule has 4 heterocycles. The van der Waals surface area contributed by atoms with Gasteiger partial charge in [-0.1, -0.05) is 0 Å². The number of fused-ring (bicyclic) bond motifs is 1. The van der Waals surface area contributed by atoms with Gasteiger partial charge in [-0.15, -0.1) is 0 Å². The van der Waals surface area contributed by atoms with Crippen molar-refractivity contribution >= 4 is 16.8 Å². The lowest BCUT2D eigenvalue weighted by Crippen LogP contribution is -2.37. The summed E-state index contributed by atoms with van der Waals surface area (Å²) < 4.78 is 7.87. The van der Waals surface area contributed by atoms with Crippen molar-refractivity contribution in [2.45, 2.75) is 33.1 Å². The zero-order valence-corrected chi connectivity index (χ0v) is 18.8. The molecule has 0 amide bonds. The molecule has 8 heteroatoms. The van der Waals surface area contributed by atoms with Crippen molar-refractivity contribution < 1.29 is 9.53 Å². The topological polar surface area (TPSA) is 96.9 Å². The molecule has 0 bridgehead atoms. The number of carbonyl (C=O) groups is 1. The van der Waals surface area contributed by atoms with Crippen molar-refractivity contribution in [1.29, 1.82) is 5.26 Å². The molecule has 1 fully saturated rings. The Morgan fingerprint density at radius 2 is 2.09 bits per heavy atom. The molecule has 0 atom stereocenters. The SMILES string of the molecule is CC(=O)CN1CCC(CCOc2ncc(-c3nc(C#N)nc4c3ccn4C)cc2C)CC1. The van der Waals surface area contributed by atoms with E-state index in [1.807, 2.05) is 42.9 Å². The molecule has 1 aliphatic rings. The molecule has 3 aromatic rings. The Hall–Kier alpha value is -3.31. The van der Waals surface area contributed by atoms with E-state index >= 15 is 0 Å². The first-order chi connectivity index (χ1) is 15.4. The summed E-state index contributed by atoms with van der Waals surface area (Å²) in [6.07, 6.45) is 6.84. The van der Waals surface area contributed by atoms with Crippen molar-refractivity contribution in [3.63, 3.8) is 0 Å². The summed E-state index contributed by atoms with van der Waals surface area (Å²) in [4.78, 5) is 26.8. The molecule has 3 aromatic heterocycles. The lowest BCUT2D eigenvalue weighted by Gasteiger charge is -2.31. The second kappa shape index (κ2) is 9.45. The minimum Gasteiger partial charge on any atom is -0.477 e. The van der Waals surface area contributed by atoms with E-state index in [2.05, 4.69) is 19.9 Å². The number of aromatic nitrogens is 4. The maximum Gasteiger partial charge on any atom is 0.234 e. The number of nitrogens with zero attached hydrogens (tertiary/aromatic N) is 6. The third-order valence-electron chi connectivity index (χ3n) is 6.05. The Kier molecular flexibility index (Phi) is 6.47. The van der Waals surface area contributed by atoms with Gasteiger partial charge in [0.2, 0.25) is 11.7 Å². The predicted molar refractivity (Wildman–Crippen MR) is 121 cm³/mol. The van der Waals surface area contributed by atoms with Crippen LogP contribution in [0.4, 0.5) is 0 Å². The minimum atomic E-state index is 0.140. The number of pyridine rings is 1. The highest BCUT2D eigenvalue weighted by Gasteiger charge is 2.20. The highest BCUT2D eigenvalue weighted by molar-refractivity contribution is 5.91. The third kappa shape index (κ3) is 4.78. The first-order valence-corrected chi connectivity index (χ1v) is 11.0. The molecule has 0 radical (unpaired) electrons. The van der Waals surface area contributed by atoms with E-state index in [1.165, 1.54) is 0 Å². The molecular formula is C24H28N6O2. The van der Waals surface area contributed by atoms with Crippen LogP contribution in [0.25, 0.3) is 22.3 Å². The normalized spacial score (nSPS) is 15.1. The number of Topliss-reactive ketones (excluding diaryl/α,β-unsaturated/α-hetero) is 1. The maximum atomic E-state index is 11.3. The molecule has 0 saturated carbocycles. The zero-order valence-electron chi connectivity index (χ0n) is 18.8. The summed E-state index contributed by atoms with van der Waals surface area (Å²) in [6, 6.07) is 5.99. The van der Waals surface area contributed by atoms with Gasteiger partial charge < -0.3 is 9.30 Å². The summed E-state index contributed by atoms with van der Waals surface area (Å²) in [6.45, 7) is 6.77. The number of rotatable bonds is 7. The Balaban J connectivity index is 1.40. The van der Waals surface area contributed by atoms with Gasteiger partial charge in [0.25, 0.3) is 0 Å². The van der Waals surface area contributed by atoms with Crippen LogP contribution >= 0.6 is 0 Å². The number of piperidine rings is 1. The summed E-state index contributed by atoms with van der Waals surface area (Å²) in [5.41, 5.74) is 3.19. The van der Waals surface area contributed by atoms with Gasteiger partial charge in [-0.05, 0) is 64.3 Å². The first kappa shape index (κ1) is 21.9. The van der Waals surface area contributed by atoms with E-state index in [1.54, 1.807) is 13.1 Å². The standard InChI is InChI=1S/C24H28N6O2/c1-16-12-19(22-20-6-8-29(3)23(20)28-21(13-25)27-22)14-26-24(16)32-11-7-18-4-9-30(10-5-18)15-17(2)31/h6,8,12,14,18H,4-5,7,9-11,15H2,1-3H3.